The van der Waals surface area contributed by atoms with Crippen LogP contribution < -0.4 is 10.4 Å². The maximum absolute atomic E-state index is 5.26. The molecule has 0 aliphatic carbocycles. The van der Waals surface area contributed by atoms with E-state index in [0.29, 0.717) is 0 Å². The number of amidine groups is 1. The van der Waals surface area contributed by atoms with E-state index in [9.17, 15) is 0 Å². The second kappa shape index (κ2) is 7.28. The number of nitrogens with zero attached hydrogens (tertiary/aromatic N) is 3. The number of hydrogen-bond acceptors (Lipinski definition) is 2. The van der Waals surface area contributed by atoms with E-state index in [4.69, 9.17) is 10.4 Å². The molecule has 0 N–H and O–H groups in total. The van der Waals surface area contributed by atoms with Crippen LogP contribution in [0.4, 0.5) is 5.69 Å². The predicted molar refractivity (Wildman–Crippen MR) is 118 cm³/mol. The highest BCUT2D eigenvalue weighted by Gasteiger charge is 2.47. The van der Waals surface area contributed by atoms with Gasteiger partial charge in [0.1, 0.15) is 0 Å². The minimum absolute atomic E-state index is 0.724. The first-order chi connectivity index (χ1) is 14.4. The van der Waals surface area contributed by atoms with Crippen molar-refractivity contribution in [2.45, 2.75) is 5.66 Å². The number of anilines is 1. The molecule has 0 saturated carbocycles. The average Bonchev–Trinajstić information content (AvgIpc) is 3.23. The van der Waals surface area contributed by atoms with Crippen LogP contribution in [-0.4, -0.2) is 5.84 Å². The summed E-state index contributed by atoms with van der Waals surface area (Å²) in [4.78, 5) is 5.26. The molecule has 0 saturated heterocycles. The number of benzene rings is 4. The van der Waals surface area contributed by atoms with Gasteiger partial charge in [-0.3, -0.25) is 0 Å². The van der Waals surface area contributed by atoms with E-state index < -0.39 is 5.66 Å². The third-order valence-electron chi connectivity index (χ3n) is 5.15. The molecule has 1 aliphatic rings. The fourth-order valence-corrected chi connectivity index (χ4v) is 3.79. The fraction of sp³-hybridized carbons (Fsp3) is 0.0385. The summed E-state index contributed by atoms with van der Waals surface area (Å²) in [6.07, 6.45) is 0. The zero-order valence-electron chi connectivity index (χ0n) is 15.9. The van der Waals surface area contributed by atoms with E-state index in [2.05, 4.69) is 72.8 Å². The molecule has 4 aromatic rings. The number of aliphatic imine (C=N–C) groups is 1. The lowest BCUT2D eigenvalue weighted by Crippen LogP contribution is -2.45. The van der Waals surface area contributed by atoms with E-state index in [0.717, 1.165) is 28.2 Å². The fourth-order valence-electron chi connectivity index (χ4n) is 3.79. The van der Waals surface area contributed by atoms with Crippen molar-refractivity contribution in [3.63, 3.8) is 0 Å². The Balaban J connectivity index is 1.79. The summed E-state index contributed by atoms with van der Waals surface area (Å²) in [5.74, 6) is 0.724. The van der Waals surface area contributed by atoms with Gasteiger partial charge in [-0.05, 0) is 12.1 Å². The van der Waals surface area contributed by atoms with Crippen molar-refractivity contribution in [1.29, 1.82) is 0 Å². The molecule has 3 nitrogen and oxygen atoms in total. The van der Waals surface area contributed by atoms with Crippen molar-refractivity contribution in [2.75, 3.05) is 5.01 Å². The summed E-state index contributed by atoms with van der Waals surface area (Å²) in [6.45, 7) is 0. The first-order valence-corrected chi connectivity index (χ1v) is 9.71. The smallest absolute Gasteiger partial charge is 0.206 e. The molecule has 4 aromatic carbocycles. The van der Waals surface area contributed by atoms with Gasteiger partial charge in [-0.1, -0.05) is 109 Å². The Bertz CT molecular complexity index is 1070. The van der Waals surface area contributed by atoms with E-state index >= 15 is 0 Å². The van der Waals surface area contributed by atoms with Gasteiger partial charge in [-0.25, -0.2) is 10.0 Å². The summed E-state index contributed by atoms with van der Waals surface area (Å²) in [7, 11) is 0. The maximum Gasteiger partial charge on any atom is 0.206 e. The second-order valence-corrected chi connectivity index (χ2v) is 6.95. The highest BCUT2D eigenvalue weighted by molar-refractivity contribution is 6.02. The number of rotatable bonds is 4. The zero-order chi connectivity index (χ0) is 19.5. The third-order valence-corrected chi connectivity index (χ3v) is 5.15. The highest BCUT2D eigenvalue weighted by Crippen LogP contribution is 2.43. The van der Waals surface area contributed by atoms with Crippen LogP contribution in [0.5, 0.6) is 0 Å². The van der Waals surface area contributed by atoms with Crippen LogP contribution in [-0.2, 0) is 5.66 Å². The first-order valence-electron chi connectivity index (χ1n) is 9.71. The van der Waals surface area contributed by atoms with Crippen molar-refractivity contribution in [3.05, 3.63) is 138 Å². The largest absolute Gasteiger partial charge is 0.227 e. The van der Waals surface area contributed by atoms with Gasteiger partial charge in [0, 0.05) is 16.7 Å². The Morgan fingerprint density at radius 2 is 0.966 bits per heavy atom. The molecule has 0 unspecified atom stereocenters. The molecule has 1 aliphatic heterocycles. The van der Waals surface area contributed by atoms with Crippen LogP contribution in [0, 0.1) is 0 Å². The monoisotopic (exact) mass is 374 g/mol. The average molecular weight is 374 g/mol. The Morgan fingerprint density at radius 1 is 0.517 bits per heavy atom. The third kappa shape index (κ3) is 2.97. The predicted octanol–water partition coefficient (Wildman–Crippen LogP) is 5.37. The number of hydrogen-bond donors (Lipinski definition) is 0. The van der Waals surface area contributed by atoms with Crippen molar-refractivity contribution in [2.24, 2.45) is 4.99 Å². The van der Waals surface area contributed by atoms with Gasteiger partial charge in [0.15, 0.2) is 5.84 Å². The van der Waals surface area contributed by atoms with E-state index in [-0.39, 0.29) is 0 Å². The van der Waals surface area contributed by atoms with E-state index in [1.165, 1.54) is 0 Å². The van der Waals surface area contributed by atoms with Crippen LogP contribution in [0.2, 0.25) is 0 Å². The van der Waals surface area contributed by atoms with Crippen molar-refractivity contribution < 1.29 is 0 Å². The van der Waals surface area contributed by atoms with Gasteiger partial charge < -0.3 is 0 Å². The highest BCUT2D eigenvalue weighted by atomic mass is 15.6. The summed E-state index contributed by atoms with van der Waals surface area (Å²) in [5.41, 5.74) is 8.39. The maximum atomic E-state index is 5.26. The lowest BCUT2D eigenvalue weighted by atomic mass is 9.90. The molecule has 0 fully saturated rings. The molecule has 0 aromatic heterocycles. The quantitative estimate of drug-likeness (QED) is 0.472. The molecular formula is C26H20N3. The molecule has 29 heavy (non-hydrogen) atoms. The Labute approximate surface area is 171 Å². The Kier molecular flexibility index (Phi) is 4.34. The van der Waals surface area contributed by atoms with E-state index in [1.807, 2.05) is 53.5 Å². The molecule has 139 valence electrons. The first kappa shape index (κ1) is 17.3. The molecule has 0 spiro atoms. The minimum Gasteiger partial charge on any atom is -0.227 e. The van der Waals surface area contributed by atoms with Gasteiger partial charge in [-0.15, -0.1) is 5.43 Å². The normalized spacial score (nSPS) is 14.9. The molecular weight excluding hydrogens is 354 g/mol. The standard InChI is InChI=1S/C26H20N3/c1-5-13-21(14-6-1)25-27-26(22-15-7-2-8-16-22,23-17-9-3-10-18-23)29(28-25)24-19-11-4-12-20-24/h1-20H. The van der Waals surface area contributed by atoms with Gasteiger partial charge in [-0.2, -0.15) is 0 Å². The number of para-hydroxylation sites is 1. The summed E-state index contributed by atoms with van der Waals surface area (Å²) < 4.78 is 0. The minimum atomic E-state index is -0.769. The molecule has 0 bridgehead atoms. The second-order valence-electron chi connectivity index (χ2n) is 6.95. The molecule has 0 amide bonds. The Morgan fingerprint density at radius 3 is 1.48 bits per heavy atom. The SMILES string of the molecule is c1ccc(C2=NC(c3ccccc3)(c3ccccc3)N(c3ccccc3)[N]2)cc1. The van der Waals surface area contributed by atoms with Gasteiger partial charge >= 0.3 is 0 Å². The van der Waals surface area contributed by atoms with Crippen LogP contribution in [0.1, 0.15) is 16.7 Å². The topological polar surface area (TPSA) is 29.7 Å². The van der Waals surface area contributed by atoms with Crippen molar-refractivity contribution in [3.8, 4) is 0 Å². The lowest BCUT2D eigenvalue weighted by molar-refractivity contribution is 0.512. The summed E-state index contributed by atoms with van der Waals surface area (Å²) >= 11 is 0. The van der Waals surface area contributed by atoms with Crippen molar-refractivity contribution >= 4 is 11.5 Å². The van der Waals surface area contributed by atoms with Crippen LogP contribution in [0.25, 0.3) is 0 Å². The zero-order valence-corrected chi connectivity index (χ0v) is 15.9. The van der Waals surface area contributed by atoms with Crippen LogP contribution >= 0.6 is 0 Å². The molecule has 0 atom stereocenters. The van der Waals surface area contributed by atoms with Crippen LogP contribution in [0.15, 0.2) is 126 Å². The van der Waals surface area contributed by atoms with Gasteiger partial charge in [0.2, 0.25) is 5.66 Å². The lowest BCUT2D eigenvalue weighted by Gasteiger charge is -2.36. The molecule has 5 rings (SSSR count). The van der Waals surface area contributed by atoms with Crippen LogP contribution in [0.3, 0.4) is 0 Å². The summed E-state index contributed by atoms with van der Waals surface area (Å²) in [6, 6.07) is 41.2. The van der Waals surface area contributed by atoms with Gasteiger partial charge in [0.05, 0.1) is 5.69 Å². The molecule has 1 heterocycles. The summed E-state index contributed by atoms with van der Waals surface area (Å²) in [5, 5.41) is 2.04. The van der Waals surface area contributed by atoms with Crippen molar-refractivity contribution in [1.82, 2.24) is 5.43 Å². The Hall–Kier alpha value is -3.85. The van der Waals surface area contributed by atoms with Gasteiger partial charge in [0.25, 0.3) is 0 Å². The van der Waals surface area contributed by atoms with E-state index in [1.54, 1.807) is 0 Å². The molecule has 3 heteroatoms. The molecule has 1 radical (unpaired) electrons.